The molecule has 1 atom stereocenters. The molecule has 2 amide bonds. The molecule has 3 rings (SSSR count). The Morgan fingerprint density at radius 3 is 2.08 bits per heavy atom. The van der Waals surface area contributed by atoms with Gasteiger partial charge >= 0.3 is 0 Å². The van der Waals surface area contributed by atoms with Crippen LogP contribution in [0.5, 0.6) is 0 Å². The Hall–Kier alpha value is -3.65. The highest BCUT2D eigenvalue weighted by Gasteiger charge is 2.33. The first-order valence-electron chi connectivity index (χ1n) is 12.8. The molecule has 38 heavy (non-hydrogen) atoms. The van der Waals surface area contributed by atoms with Crippen LogP contribution >= 0.6 is 0 Å². The van der Waals surface area contributed by atoms with E-state index in [0.29, 0.717) is 12.2 Å². The van der Waals surface area contributed by atoms with E-state index in [4.69, 9.17) is 0 Å². The minimum atomic E-state index is -4.08. The first kappa shape index (κ1) is 28.9. The number of nitrogens with one attached hydrogen (secondary N) is 1. The van der Waals surface area contributed by atoms with Gasteiger partial charge in [0.25, 0.3) is 10.0 Å². The van der Waals surface area contributed by atoms with Gasteiger partial charge in [-0.25, -0.2) is 8.42 Å². The van der Waals surface area contributed by atoms with Crippen LogP contribution in [0.25, 0.3) is 0 Å². The van der Waals surface area contributed by atoms with E-state index in [-0.39, 0.29) is 23.3 Å². The largest absolute Gasteiger partial charge is 0.354 e. The smallest absolute Gasteiger partial charge is 0.264 e. The summed E-state index contributed by atoms with van der Waals surface area (Å²) in [6, 6.07) is 22.1. The fourth-order valence-electron chi connectivity index (χ4n) is 4.04. The SMILES string of the molecule is Cc1ccc(C)c(N(CC(=O)N(Cc2ccccc2)C(C)C(=O)NCC(C)C)S(=O)(=O)c2ccccc2)c1. The van der Waals surface area contributed by atoms with Crippen molar-refractivity contribution in [1.29, 1.82) is 0 Å². The zero-order valence-corrected chi connectivity index (χ0v) is 23.5. The lowest BCUT2D eigenvalue weighted by molar-refractivity contribution is -0.139. The Kier molecular flexibility index (Phi) is 9.69. The van der Waals surface area contributed by atoms with Gasteiger partial charge in [0.2, 0.25) is 11.8 Å². The van der Waals surface area contributed by atoms with Crippen molar-refractivity contribution in [3.05, 3.63) is 95.6 Å². The average Bonchev–Trinajstić information content (AvgIpc) is 2.91. The van der Waals surface area contributed by atoms with Crippen molar-refractivity contribution in [3.8, 4) is 0 Å². The second-order valence-electron chi connectivity index (χ2n) is 9.94. The van der Waals surface area contributed by atoms with E-state index >= 15 is 0 Å². The van der Waals surface area contributed by atoms with Crippen LogP contribution in [-0.4, -0.2) is 44.3 Å². The van der Waals surface area contributed by atoms with E-state index in [1.54, 1.807) is 31.2 Å². The van der Waals surface area contributed by atoms with Crippen molar-refractivity contribution < 1.29 is 18.0 Å². The Balaban J connectivity index is 2.03. The number of rotatable bonds is 11. The number of carbonyl (C=O) groups excluding carboxylic acids is 2. The van der Waals surface area contributed by atoms with Gasteiger partial charge in [-0.15, -0.1) is 0 Å². The predicted octanol–water partition coefficient (Wildman–Crippen LogP) is 4.69. The normalized spacial score (nSPS) is 12.2. The minimum absolute atomic E-state index is 0.0889. The molecular weight excluding hydrogens is 498 g/mol. The van der Waals surface area contributed by atoms with Gasteiger partial charge in [0.15, 0.2) is 0 Å². The number of aryl methyl sites for hydroxylation is 2. The van der Waals surface area contributed by atoms with E-state index < -0.39 is 28.5 Å². The van der Waals surface area contributed by atoms with Crippen LogP contribution in [0.3, 0.4) is 0 Å². The lowest BCUT2D eigenvalue weighted by atomic mass is 10.1. The maximum atomic E-state index is 13.9. The molecule has 0 saturated heterocycles. The summed E-state index contributed by atoms with van der Waals surface area (Å²) in [5.41, 5.74) is 2.86. The summed E-state index contributed by atoms with van der Waals surface area (Å²) in [7, 11) is -4.08. The van der Waals surface area contributed by atoms with Crippen molar-refractivity contribution >= 4 is 27.5 Å². The molecule has 0 radical (unpaired) electrons. The van der Waals surface area contributed by atoms with Gasteiger partial charge in [-0.05, 0) is 61.6 Å². The van der Waals surface area contributed by atoms with Crippen molar-refractivity contribution in [3.63, 3.8) is 0 Å². The summed E-state index contributed by atoms with van der Waals surface area (Å²) in [5, 5.41) is 2.90. The monoisotopic (exact) mass is 535 g/mol. The van der Waals surface area contributed by atoms with Crippen LogP contribution < -0.4 is 9.62 Å². The lowest BCUT2D eigenvalue weighted by Crippen LogP contribution is -2.51. The summed E-state index contributed by atoms with van der Waals surface area (Å²) < 4.78 is 28.9. The lowest BCUT2D eigenvalue weighted by Gasteiger charge is -2.32. The Morgan fingerprint density at radius 2 is 1.47 bits per heavy atom. The molecule has 3 aromatic carbocycles. The third-order valence-electron chi connectivity index (χ3n) is 6.29. The number of benzene rings is 3. The van der Waals surface area contributed by atoms with E-state index in [9.17, 15) is 18.0 Å². The van der Waals surface area contributed by atoms with Crippen molar-refractivity contribution in [1.82, 2.24) is 10.2 Å². The standard InChI is InChI=1S/C30H37N3O4S/c1-22(2)19-31-30(35)25(5)32(20-26-12-8-6-9-13-26)29(34)21-33(28-18-23(3)16-17-24(28)4)38(36,37)27-14-10-7-11-15-27/h6-18,22,25H,19-21H2,1-5H3,(H,31,35). The summed E-state index contributed by atoms with van der Waals surface area (Å²) in [4.78, 5) is 28.5. The summed E-state index contributed by atoms with van der Waals surface area (Å²) in [6.45, 7) is 9.55. The maximum Gasteiger partial charge on any atom is 0.264 e. The molecule has 0 heterocycles. The van der Waals surface area contributed by atoms with Gasteiger partial charge < -0.3 is 10.2 Å². The number of hydrogen-bond donors (Lipinski definition) is 1. The van der Waals surface area contributed by atoms with Crippen LogP contribution in [0, 0.1) is 19.8 Å². The maximum absolute atomic E-state index is 13.9. The first-order chi connectivity index (χ1) is 18.0. The van der Waals surface area contributed by atoms with Crippen molar-refractivity contribution in [2.24, 2.45) is 5.92 Å². The number of hydrogen-bond acceptors (Lipinski definition) is 4. The molecule has 0 spiro atoms. The van der Waals surface area contributed by atoms with E-state index in [0.717, 1.165) is 21.0 Å². The van der Waals surface area contributed by atoms with Gasteiger partial charge in [0, 0.05) is 13.1 Å². The minimum Gasteiger partial charge on any atom is -0.354 e. The van der Waals surface area contributed by atoms with Gasteiger partial charge in [-0.1, -0.05) is 74.5 Å². The molecule has 1 N–H and O–H groups in total. The van der Waals surface area contributed by atoms with Gasteiger partial charge in [0.1, 0.15) is 12.6 Å². The number of sulfonamides is 1. The fourth-order valence-corrected chi connectivity index (χ4v) is 5.53. The molecule has 0 saturated carbocycles. The molecular formula is C30H37N3O4S. The van der Waals surface area contributed by atoms with Crippen molar-refractivity contribution in [2.45, 2.75) is 52.1 Å². The molecule has 0 aliphatic carbocycles. The van der Waals surface area contributed by atoms with Crippen LogP contribution in [-0.2, 0) is 26.2 Å². The molecule has 3 aromatic rings. The first-order valence-corrected chi connectivity index (χ1v) is 14.2. The zero-order valence-electron chi connectivity index (χ0n) is 22.7. The van der Waals surface area contributed by atoms with Gasteiger partial charge in [-0.2, -0.15) is 0 Å². The molecule has 202 valence electrons. The molecule has 7 nitrogen and oxygen atoms in total. The van der Waals surface area contributed by atoms with Crippen LogP contribution in [0.1, 0.15) is 37.5 Å². The third kappa shape index (κ3) is 7.22. The zero-order chi connectivity index (χ0) is 27.9. The Bertz CT molecular complexity index is 1340. The highest BCUT2D eigenvalue weighted by atomic mass is 32.2. The summed E-state index contributed by atoms with van der Waals surface area (Å²) >= 11 is 0. The van der Waals surface area contributed by atoms with Gasteiger partial charge in [-0.3, -0.25) is 13.9 Å². The molecule has 1 unspecified atom stereocenters. The summed E-state index contributed by atoms with van der Waals surface area (Å²) in [5.74, 6) is -0.506. The number of amides is 2. The molecule has 0 aromatic heterocycles. The number of nitrogens with zero attached hydrogens (tertiary/aromatic N) is 2. The summed E-state index contributed by atoms with van der Waals surface area (Å²) in [6.07, 6.45) is 0. The average molecular weight is 536 g/mol. The topological polar surface area (TPSA) is 86.8 Å². The highest BCUT2D eigenvalue weighted by molar-refractivity contribution is 7.92. The Labute approximate surface area is 226 Å². The van der Waals surface area contributed by atoms with Crippen molar-refractivity contribution in [2.75, 3.05) is 17.4 Å². The fraction of sp³-hybridized carbons (Fsp3) is 0.333. The number of carbonyl (C=O) groups is 2. The van der Waals surface area contributed by atoms with Crippen LogP contribution in [0.15, 0.2) is 83.8 Å². The molecule has 0 aliphatic rings. The van der Waals surface area contributed by atoms with E-state index in [1.807, 2.05) is 70.2 Å². The molecule has 0 aliphatic heterocycles. The highest BCUT2D eigenvalue weighted by Crippen LogP contribution is 2.28. The quantitative estimate of drug-likeness (QED) is 0.386. The second-order valence-corrected chi connectivity index (χ2v) is 11.8. The van der Waals surface area contributed by atoms with Gasteiger partial charge in [0.05, 0.1) is 10.6 Å². The van der Waals surface area contributed by atoms with E-state index in [1.165, 1.54) is 17.0 Å². The molecule has 0 fully saturated rings. The molecule has 8 heteroatoms. The molecule has 0 bridgehead atoms. The van der Waals surface area contributed by atoms with Crippen LogP contribution in [0.4, 0.5) is 5.69 Å². The third-order valence-corrected chi connectivity index (χ3v) is 8.06. The van der Waals surface area contributed by atoms with Crippen LogP contribution in [0.2, 0.25) is 0 Å². The number of anilines is 1. The second kappa shape index (κ2) is 12.7. The van der Waals surface area contributed by atoms with E-state index in [2.05, 4.69) is 5.32 Å². The Morgan fingerprint density at radius 1 is 0.868 bits per heavy atom. The predicted molar refractivity (Wildman–Crippen MR) is 151 cm³/mol.